The fourth-order valence-corrected chi connectivity index (χ4v) is 4.04. The fourth-order valence-electron chi connectivity index (χ4n) is 2.62. The second kappa shape index (κ2) is 3.56. The van der Waals surface area contributed by atoms with Crippen molar-refractivity contribution in [3.8, 4) is 0 Å². The Bertz CT molecular complexity index is 718. The highest BCUT2D eigenvalue weighted by molar-refractivity contribution is 7.89. The number of fused-ring (bicyclic) bond motifs is 3. The molecule has 0 saturated carbocycles. The monoisotopic (exact) mass is 253 g/mol. The molecule has 1 atom stereocenters. The molecular weight excluding hydrogens is 242 g/mol. The molecule has 1 aliphatic heterocycles. The molecule has 88 valence electrons. The van der Waals surface area contributed by atoms with Crippen LogP contribution in [0.2, 0.25) is 0 Å². The maximum atomic E-state index is 12.6. The zero-order valence-corrected chi connectivity index (χ0v) is 10.5. The van der Waals surface area contributed by atoms with Crippen molar-refractivity contribution in [1.29, 1.82) is 0 Å². The van der Waals surface area contributed by atoms with Crippen LogP contribution in [0.25, 0.3) is 5.70 Å². The van der Waals surface area contributed by atoms with Crippen molar-refractivity contribution in [3.63, 3.8) is 0 Å². The van der Waals surface area contributed by atoms with Crippen molar-refractivity contribution in [1.82, 2.24) is 0 Å². The lowest BCUT2D eigenvalue weighted by Crippen LogP contribution is -2.11. The highest BCUT2D eigenvalue weighted by Gasteiger charge is 2.30. The van der Waals surface area contributed by atoms with Gasteiger partial charge in [-0.25, -0.2) is 4.21 Å². The van der Waals surface area contributed by atoms with E-state index >= 15 is 0 Å². The zero-order valence-electron chi connectivity index (χ0n) is 9.64. The van der Waals surface area contributed by atoms with E-state index in [-0.39, 0.29) is 0 Å². The molecular formula is C15H11NOS. The summed E-state index contributed by atoms with van der Waals surface area (Å²) in [6.45, 7) is 0. The Hall–Kier alpha value is -1.87. The molecule has 4 rings (SSSR count). The Morgan fingerprint density at radius 2 is 1.78 bits per heavy atom. The van der Waals surface area contributed by atoms with Gasteiger partial charge in [0.1, 0.15) is 0 Å². The molecule has 0 aromatic heterocycles. The number of rotatable bonds is 0. The van der Waals surface area contributed by atoms with E-state index in [1.807, 2.05) is 36.4 Å². The van der Waals surface area contributed by atoms with Gasteiger partial charge in [-0.15, -0.1) is 0 Å². The number of anilines is 1. The Morgan fingerprint density at radius 3 is 2.72 bits per heavy atom. The van der Waals surface area contributed by atoms with E-state index in [4.69, 9.17) is 0 Å². The maximum Gasteiger partial charge on any atom is 0.0854 e. The van der Waals surface area contributed by atoms with Crippen molar-refractivity contribution in [2.45, 2.75) is 11.3 Å². The van der Waals surface area contributed by atoms with E-state index in [1.165, 1.54) is 11.1 Å². The standard InChI is InChI=1S/C15H11NOS/c17-18-13-8-4-3-7-12(13)16-15-11-6-2-1-5-10(11)9-14(15)18/h1-8,16H,9H2. The molecule has 2 aromatic rings. The van der Waals surface area contributed by atoms with Gasteiger partial charge >= 0.3 is 0 Å². The maximum absolute atomic E-state index is 12.6. The van der Waals surface area contributed by atoms with E-state index in [0.717, 1.165) is 27.6 Å². The predicted octanol–water partition coefficient (Wildman–Crippen LogP) is 3.14. The van der Waals surface area contributed by atoms with Crippen molar-refractivity contribution in [2.24, 2.45) is 0 Å². The molecule has 2 aromatic carbocycles. The van der Waals surface area contributed by atoms with Gasteiger partial charge < -0.3 is 5.32 Å². The number of nitrogens with one attached hydrogen (secondary N) is 1. The summed E-state index contributed by atoms with van der Waals surface area (Å²) in [4.78, 5) is 1.90. The van der Waals surface area contributed by atoms with Crippen LogP contribution in [0.3, 0.4) is 0 Å². The van der Waals surface area contributed by atoms with Crippen LogP contribution in [0.15, 0.2) is 58.3 Å². The quantitative estimate of drug-likeness (QED) is 0.781. The van der Waals surface area contributed by atoms with E-state index in [2.05, 4.69) is 17.4 Å². The lowest BCUT2D eigenvalue weighted by Gasteiger charge is -2.20. The van der Waals surface area contributed by atoms with Crippen molar-refractivity contribution >= 4 is 22.2 Å². The van der Waals surface area contributed by atoms with Crippen molar-refractivity contribution in [2.75, 3.05) is 5.32 Å². The summed E-state index contributed by atoms with van der Waals surface area (Å²) in [7, 11) is -1.03. The van der Waals surface area contributed by atoms with Gasteiger partial charge in [0, 0.05) is 16.9 Å². The van der Waals surface area contributed by atoms with E-state index < -0.39 is 10.8 Å². The summed E-state index contributed by atoms with van der Waals surface area (Å²) in [6, 6.07) is 16.1. The summed E-state index contributed by atoms with van der Waals surface area (Å²) in [6.07, 6.45) is 0.791. The Kier molecular flexibility index (Phi) is 2.00. The highest BCUT2D eigenvalue weighted by Crippen LogP contribution is 2.42. The number of hydrogen-bond donors (Lipinski definition) is 1. The van der Waals surface area contributed by atoms with Crippen LogP contribution < -0.4 is 5.32 Å². The Balaban J connectivity index is 1.92. The minimum absolute atomic E-state index is 0.791. The molecule has 0 saturated heterocycles. The predicted molar refractivity (Wildman–Crippen MR) is 73.5 cm³/mol. The summed E-state index contributed by atoms with van der Waals surface area (Å²) >= 11 is 0. The van der Waals surface area contributed by atoms with Gasteiger partial charge in [-0.05, 0) is 17.7 Å². The van der Waals surface area contributed by atoms with Gasteiger partial charge in [-0.1, -0.05) is 36.4 Å². The Labute approximate surface area is 108 Å². The SMILES string of the molecule is O=S1C2=C(Nc3ccccc31)c1ccccc1C2. The van der Waals surface area contributed by atoms with Crippen molar-refractivity contribution < 1.29 is 4.21 Å². The first-order valence-corrected chi connectivity index (χ1v) is 7.09. The van der Waals surface area contributed by atoms with Crippen LogP contribution in [0, 0.1) is 0 Å². The zero-order chi connectivity index (χ0) is 12.1. The van der Waals surface area contributed by atoms with Crippen LogP contribution in [0.1, 0.15) is 11.1 Å². The summed E-state index contributed by atoms with van der Waals surface area (Å²) in [5.41, 5.74) is 4.46. The minimum Gasteiger partial charge on any atom is -0.353 e. The summed E-state index contributed by atoms with van der Waals surface area (Å²) < 4.78 is 12.6. The summed E-state index contributed by atoms with van der Waals surface area (Å²) in [5, 5.41) is 3.43. The molecule has 1 N–H and O–H groups in total. The average Bonchev–Trinajstić information content (AvgIpc) is 2.79. The van der Waals surface area contributed by atoms with Gasteiger partial charge in [0.15, 0.2) is 0 Å². The number of benzene rings is 2. The van der Waals surface area contributed by atoms with Gasteiger partial charge in [-0.2, -0.15) is 0 Å². The normalized spacial score (nSPS) is 19.9. The summed E-state index contributed by atoms with van der Waals surface area (Å²) in [5.74, 6) is 0. The lowest BCUT2D eigenvalue weighted by atomic mass is 10.1. The van der Waals surface area contributed by atoms with Gasteiger partial charge in [0.25, 0.3) is 0 Å². The molecule has 3 heteroatoms. The van der Waals surface area contributed by atoms with E-state index in [1.54, 1.807) is 0 Å². The largest absolute Gasteiger partial charge is 0.353 e. The first kappa shape index (κ1) is 10.1. The highest BCUT2D eigenvalue weighted by atomic mass is 32.2. The molecule has 18 heavy (non-hydrogen) atoms. The van der Waals surface area contributed by atoms with Crippen LogP contribution in [-0.4, -0.2) is 4.21 Å². The van der Waals surface area contributed by atoms with Crippen molar-refractivity contribution in [3.05, 3.63) is 64.6 Å². The molecule has 1 unspecified atom stereocenters. The molecule has 2 nitrogen and oxygen atoms in total. The second-order valence-electron chi connectivity index (χ2n) is 4.52. The van der Waals surface area contributed by atoms with Gasteiger partial charge in [0.2, 0.25) is 0 Å². The first-order valence-electron chi connectivity index (χ1n) is 5.94. The van der Waals surface area contributed by atoms with Crippen LogP contribution in [-0.2, 0) is 17.2 Å². The van der Waals surface area contributed by atoms with Crippen LogP contribution in [0.4, 0.5) is 5.69 Å². The smallest absolute Gasteiger partial charge is 0.0854 e. The number of hydrogen-bond acceptors (Lipinski definition) is 2. The molecule has 2 aliphatic rings. The molecule has 0 bridgehead atoms. The third-order valence-corrected chi connectivity index (χ3v) is 5.04. The Morgan fingerprint density at radius 1 is 1.00 bits per heavy atom. The molecule has 1 heterocycles. The second-order valence-corrected chi connectivity index (χ2v) is 5.99. The van der Waals surface area contributed by atoms with Gasteiger partial charge in [-0.3, -0.25) is 0 Å². The topological polar surface area (TPSA) is 29.1 Å². The molecule has 0 spiro atoms. The number of allylic oxidation sites excluding steroid dienone is 1. The minimum atomic E-state index is -1.03. The molecule has 0 radical (unpaired) electrons. The third-order valence-electron chi connectivity index (χ3n) is 3.49. The van der Waals surface area contributed by atoms with E-state index in [0.29, 0.717) is 0 Å². The number of para-hydroxylation sites is 1. The van der Waals surface area contributed by atoms with E-state index in [9.17, 15) is 4.21 Å². The van der Waals surface area contributed by atoms with Crippen LogP contribution >= 0.6 is 0 Å². The first-order chi connectivity index (χ1) is 8.84. The lowest BCUT2D eigenvalue weighted by molar-refractivity contribution is 0.686. The average molecular weight is 253 g/mol. The van der Waals surface area contributed by atoms with Gasteiger partial charge in [0.05, 0.1) is 27.1 Å². The fraction of sp³-hybridized carbons (Fsp3) is 0.0667. The van der Waals surface area contributed by atoms with Crippen LogP contribution in [0.5, 0.6) is 0 Å². The molecule has 0 fully saturated rings. The third kappa shape index (κ3) is 1.25. The molecule has 0 amide bonds. The molecule has 1 aliphatic carbocycles.